The SMILES string of the molecule is Cc1ccc(F)c(C(=O)NC(C)c2ccc(N)cc2)c1F. The van der Waals surface area contributed by atoms with Crippen molar-refractivity contribution < 1.29 is 13.6 Å². The van der Waals surface area contributed by atoms with Crippen LogP contribution >= 0.6 is 0 Å². The van der Waals surface area contributed by atoms with Crippen molar-refractivity contribution in [3.63, 3.8) is 0 Å². The molecule has 5 heteroatoms. The highest BCUT2D eigenvalue weighted by atomic mass is 19.1. The Balaban J connectivity index is 2.22. The molecule has 1 unspecified atom stereocenters. The molecule has 110 valence electrons. The number of rotatable bonds is 3. The van der Waals surface area contributed by atoms with Gasteiger partial charge in [-0.1, -0.05) is 18.2 Å². The summed E-state index contributed by atoms with van der Waals surface area (Å²) in [6.45, 7) is 3.21. The van der Waals surface area contributed by atoms with Crippen LogP contribution in [0.5, 0.6) is 0 Å². The lowest BCUT2D eigenvalue weighted by Crippen LogP contribution is -2.28. The summed E-state index contributed by atoms with van der Waals surface area (Å²) in [6.07, 6.45) is 0. The highest BCUT2D eigenvalue weighted by molar-refractivity contribution is 5.95. The number of halogens is 2. The molecular weight excluding hydrogens is 274 g/mol. The van der Waals surface area contributed by atoms with Gasteiger partial charge in [-0.05, 0) is 43.2 Å². The van der Waals surface area contributed by atoms with Crippen LogP contribution in [0.2, 0.25) is 0 Å². The van der Waals surface area contributed by atoms with Gasteiger partial charge in [-0.25, -0.2) is 8.78 Å². The molecule has 0 aromatic heterocycles. The van der Waals surface area contributed by atoms with Crippen LogP contribution in [0.25, 0.3) is 0 Å². The van der Waals surface area contributed by atoms with E-state index in [0.29, 0.717) is 5.69 Å². The average Bonchev–Trinajstić information content (AvgIpc) is 2.44. The van der Waals surface area contributed by atoms with E-state index in [2.05, 4.69) is 5.32 Å². The predicted octanol–water partition coefficient (Wildman–Crippen LogP) is 3.35. The lowest BCUT2D eigenvalue weighted by molar-refractivity contribution is 0.0931. The molecule has 0 aliphatic rings. The Morgan fingerprint density at radius 1 is 1.14 bits per heavy atom. The second kappa shape index (κ2) is 5.91. The third kappa shape index (κ3) is 3.18. The summed E-state index contributed by atoms with van der Waals surface area (Å²) >= 11 is 0. The molecule has 2 aromatic carbocycles. The van der Waals surface area contributed by atoms with E-state index in [4.69, 9.17) is 5.73 Å². The first-order valence-corrected chi connectivity index (χ1v) is 6.51. The van der Waals surface area contributed by atoms with E-state index in [-0.39, 0.29) is 5.56 Å². The molecule has 0 spiro atoms. The number of hydrogen-bond donors (Lipinski definition) is 2. The number of benzene rings is 2. The van der Waals surface area contributed by atoms with Crippen LogP contribution in [0.1, 0.15) is 34.5 Å². The van der Waals surface area contributed by atoms with Crippen LogP contribution < -0.4 is 11.1 Å². The minimum atomic E-state index is -0.875. The Morgan fingerprint density at radius 3 is 2.38 bits per heavy atom. The van der Waals surface area contributed by atoms with E-state index < -0.39 is 29.1 Å². The predicted molar refractivity (Wildman–Crippen MR) is 77.8 cm³/mol. The van der Waals surface area contributed by atoms with E-state index in [1.54, 1.807) is 31.2 Å². The lowest BCUT2D eigenvalue weighted by Gasteiger charge is -2.15. The first-order chi connectivity index (χ1) is 9.90. The third-order valence-electron chi connectivity index (χ3n) is 3.30. The molecule has 3 nitrogen and oxygen atoms in total. The zero-order chi connectivity index (χ0) is 15.6. The lowest BCUT2D eigenvalue weighted by atomic mass is 10.1. The number of carbonyl (C=O) groups excluding carboxylic acids is 1. The summed E-state index contributed by atoms with van der Waals surface area (Å²) in [5.41, 5.74) is 6.66. The highest BCUT2D eigenvalue weighted by Gasteiger charge is 2.20. The molecular formula is C16H16F2N2O. The molecule has 0 saturated heterocycles. The highest BCUT2D eigenvalue weighted by Crippen LogP contribution is 2.19. The van der Waals surface area contributed by atoms with Gasteiger partial charge >= 0.3 is 0 Å². The summed E-state index contributed by atoms with van der Waals surface area (Å²) in [5.74, 6) is -2.49. The molecule has 3 N–H and O–H groups in total. The van der Waals surface area contributed by atoms with E-state index in [9.17, 15) is 13.6 Å². The molecule has 0 heterocycles. The van der Waals surface area contributed by atoms with Gasteiger partial charge in [-0.2, -0.15) is 0 Å². The molecule has 0 aliphatic carbocycles. The van der Waals surface area contributed by atoms with Crippen LogP contribution in [0.15, 0.2) is 36.4 Å². The largest absolute Gasteiger partial charge is 0.399 e. The van der Waals surface area contributed by atoms with Crippen molar-refractivity contribution in [2.24, 2.45) is 0 Å². The monoisotopic (exact) mass is 290 g/mol. The van der Waals surface area contributed by atoms with Crippen molar-refractivity contribution in [3.05, 3.63) is 64.7 Å². The molecule has 1 amide bonds. The van der Waals surface area contributed by atoms with Gasteiger partial charge in [0.05, 0.1) is 6.04 Å². The smallest absolute Gasteiger partial charge is 0.257 e. The van der Waals surface area contributed by atoms with E-state index in [0.717, 1.165) is 11.6 Å². The number of carbonyl (C=O) groups is 1. The van der Waals surface area contributed by atoms with Gasteiger partial charge in [0, 0.05) is 5.69 Å². The maximum absolute atomic E-state index is 13.9. The standard InChI is InChI=1S/C16H16F2N2O/c1-9-3-8-13(17)14(15(9)18)16(21)20-10(2)11-4-6-12(19)7-5-11/h3-8,10H,19H2,1-2H3,(H,20,21). The van der Waals surface area contributed by atoms with Crippen LogP contribution in [-0.2, 0) is 0 Å². The number of aryl methyl sites for hydroxylation is 1. The fourth-order valence-electron chi connectivity index (χ4n) is 2.00. The molecule has 0 aliphatic heterocycles. The van der Waals surface area contributed by atoms with Crippen LogP contribution in [0, 0.1) is 18.6 Å². The topological polar surface area (TPSA) is 55.1 Å². The average molecular weight is 290 g/mol. The summed E-state index contributed by atoms with van der Waals surface area (Å²) in [5, 5.41) is 2.58. The maximum atomic E-state index is 13.9. The zero-order valence-electron chi connectivity index (χ0n) is 11.8. The fraction of sp³-hybridized carbons (Fsp3) is 0.188. The molecule has 2 rings (SSSR count). The summed E-state index contributed by atoms with van der Waals surface area (Å²) in [6, 6.07) is 8.90. The Hall–Kier alpha value is -2.43. The fourth-order valence-corrected chi connectivity index (χ4v) is 2.00. The molecule has 1 atom stereocenters. The van der Waals surface area contributed by atoms with Gasteiger partial charge in [-0.15, -0.1) is 0 Å². The van der Waals surface area contributed by atoms with Gasteiger partial charge in [0.15, 0.2) is 0 Å². The number of anilines is 1. The summed E-state index contributed by atoms with van der Waals surface area (Å²) < 4.78 is 27.6. The Bertz CT molecular complexity index is 669. The zero-order valence-corrected chi connectivity index (χ0v) is 11.8. The number of amides is 1. The van der Waals surface area contributed by atoms with Gasteiger partial charge in [0.25, 0.3) is 5.91 Å². The van der Waals surface area contributed by atoms with Crippen LogP contribution in [0.4, 0.5) is 14.5 Å². The summed E-state index contributed by atoms with van der Waals surface area (Å²) in [4.78, 5) is 12.1. The van der Waals surface area contributed by atoms with E-state index in [1.807, 2.05) is 0 Å². The third-order valence-corrected chi connectivity index (χ3v) is 3.30. The van der Waals surface area contributed by atoms with E-state index >= 15 is 0 Å². The minimum Gasteiger partial charge on any atom is -0.399 e. The second-order valence-corrected chi connectivity index (χ2v) is 4.92. The number of nitrogens with two attached hydrogens (primary N) is 1. The van der Waals surface area contributed by atoms with Gasteiger partial charge in [0.2, 0.25) is 0 Å². The molecule has 0 radical (unpaired) electrons. The number of nitrogen functional groups attached to an aromatic ring is 1. The Morgan fingerprint density at radius 2 is 1.76 bits per heavy atom. The van der Waals surface area contributed by atoms with Crippen molar-refractivity contribution in [1.82, 2.24) is 5.32 Å². The molecule has 0 bridgehead atoms. The van der Waals surface area contributed by atoms with Gasteiger partial charge < -0.3 is 11.1 Å². The van der Waals surface area contributed by atoms with Crippen molar-refractivity contribution in [3.8, 4) is 0 Å². The van der Waals surface area contributed by atoms with Crippen molar-refractivity contribution in [1.29, 1.82) is 0 Å². The first-order valence-electron chi connectivity index (χ1n) is 6.51. The van der Waals surface area contributed by atoms with Crippen molar-refractivity contribution in [2.45, 2.75) is 19.9 Å². The van der Waals surface area contributed by atoms with Crippen molar-refractivity contribution in [2.75, 3.05) is 5.73 Å². The molecule has 2 aromatic rings. The Kier molecular flexibility index (Phi) is 4.21. The molecule has 0 fully saturated rings. The normalized spacial score (nSPS) is 12.0. The maximum Gasteiger partial charge on any atom is 0.257 e. The number of nitrogens with one attached hydrogen (secondary N) is 1. The molecule has 21 heavy (non-hydrogen) atoms. The Labute approximate surface area is 121 Å². The van der Waals surface area contributed by atoms with Gasteiger partial charge in [0.1, 0.15) is 17.2 Å². The van der Waals surface area contributed by atoms with Crippen molar-refractivity contribution >= 4 is 11.6 Å². The summed E-state index contributed by atoms with van der Waals surface area (Å²) in [7, 11) is 0. The molecule has 0 saturated carbocycles. The van der Waals surface area contributed by atoms with Crippen LogP contribution in [0.3, 0.4) is 0 Å². The van der Waals surface area contributed by atoms with Crippen LogP contribution in [-0.4, -0.2) is 5.91 Å². The van der Waals surface area contributed by atoms with Gasteiger partial charge in [-0.3, -0.25) is 4.79 Å². The first kappa shape index (κ1) is 15.0. The number of hydrogen-bond acceptors (Lipinski definition) is 2. The second-order valence-electron chi connectivity index (χ2n) is 4.92. The quantitative estimate of drug-likeness (QED) is 0.852. The van der Waals surface area contributed by atoms with E-state index in [1.165, 1.54) is 13.0 Å². The minimum absolute atomic E-state index is 0.224.